The van der Waals surface area contributed by atoms with Crippen LogP contribution < -0.4 is 10.5 Å². The van der Waals surface area contributed by atoms with Gasteiger partial charge in [0.25, 0.3) is 0 Å². The summed E-state index contributed by atoms with van der Waals surface area (Å²) in [6, 6.07) is 4.85. The monoisotopic (exact) mass is 233 g/mol. The van der Waals surface area contributed by atoms with Gasteiger partial charge in [0.05, 0.1) is 7.11 Å². The second-order valence-corrected chi connectivity index (χ2v) is 3.93. The minimum atomic E-state index is -0.337. The van der Waals surface area contributed by atoms with Gasteiger partial charge in [-0.25, -0.2) is 4.39 Å². The van der Waals surface area contributed by atoms with Gasteiger partial charge < -0.3 is 10.5 Å². The molecule has 0 bridgehead atoms. The second-order valence-electron chi connectivity index (χ2n) is 3.93. The molecule has 0 saturated heterocycles. The predicted octanol–water partition coefficient (Wildman–Crippen LogP) is 2.49. The maximum Gasteiger partial charge on any atom is 0.130 e. The minimum Gasteiger partial charge on any atom is -0.497 e. The van der Waals surface area contributed by atoms with Crippen molar-refractivity contribution in [2.75, 3.05) is 13.7 Å². The van der Waals surface area contributed by atoms with Gasteiger partial charge in [-0.2, -0.15) is 0 Å². The summed E-state index contributed by atoms with van der Waals surface area (Å²) in [5, 5.41) is 0. The number of hydrogen-bond acceptors (Lipinski definition) is 2. The lowest BCUT2D eigenvalue weighted by Crippen LogP contribution is -2.29. The van der Waals surface area contributed by atoms with Crippen LogP contribution in [0.1, 0.15) is 19.4 Å². The van der Waals surface area contributed by atoms with Crippen LogP contribution in [-0.4, -0.2) is 13.7 Å². The Morgan fingerprint density at radius 3 is 2.40 bits per heavy atom. The van der Waals surface area contributed by atoms with Gasteiger partial charge in [0.2, 0.25) is 0 Å². The topological polar surface area (TPSA) is 35.2 Å². The SMILES string of the molecule is COc1ccc(C(C)(C)CN)c(F)c1.Cl. The van der Waals surface area contributed by atoms with Gasteiger partial charge in [0.1, 0.15) is 11.6 Å². The first-order chi connectivity index (χ1) is 6.51. The van der Waals surface area contributed by atoms with Crippen molar-refractivity contribution in [1.29, 1.82) is 0 Å². The van der Waals surface area contributed by atoms with Crippen LogP contribution in [0.5, 0.6) is 5.75 Å². The second kappa shape index (κ2) is 5.33. The lowest BCUT2D eigenvalue weighted by atomic mass is 9.84. The van der Waals surface area contributed by atoms with E-state index in [1.807, 2.05) is 13.8 Å². The zero-order valence-electron chi connectivity index (χ0n) is 9.21. The summed E-state index contributed by atoms with van der Waals surface area (Å²) in [5.74, 6) is 0.263. The number of halogens is 2. The summed E-state index contributed by atoms with van der Waals surface area (Å²) in [6.45, 7) is 4.24. The number of hydrogen-bond donors (Lipinski definition) is 1. The maximum atomic E-state index is 13.6. The fourth-order valence-corrected chi connectivity index (χ4v) is 1.28. The van der Waals surface area contributed by atoms with E-state index in [9.17, 15) is 4.39 Å². The molecule has 0 spiro atoms. The van der Waals surface area contributed by atoms with E-state index in [0.717, 1.165) is 0 Å². The zero-order chi connectivity index (χ0) is 10.8. The number of rotatable bonds is 3. The largest absolute Gasteiger partial charge is 0.497 e. The molecule has 0 aliphatic heterocycles. The van der Waals surface area contributed by atoms with Crippen LogP contribution in [0.3, 0.4) is 0 Å². The van der Waals surface area contributed by atoms with E-state index in [0.29, 0.717) is 17.9 Å². The molecule has 0 aliphatic rings. The fourth-order valence-electron chi connectivity index (χ4n) is 1.28. The van der Waals surface area contributed by atoms with E-state index in [2.05, 4.69) is 0 Å². The summed E-state index contributed by atoms with van der Waals surface area (Å²) in [6.07, 6.45) is 0. The summed E-state index contributed by atoms with van der Waals surface area (Å²) in [5.41, 5.74) is 5.87. The average Bonchev–Trinajstić information content (AvgIpc) is 2.17. The highest BCUT2D eigenvalue weighted by Crippen LogP contribution is 2.27. The molecule has 0 heterocycles. The fraction of sp³-hybridized carbons (Fsp3) is 0.455. The number of benzene rings is 1. The smallest absolute Gasteiger partial charge is 0.130 e. The Balaban J connectivity index is 0.00000196. The lowest BCUT2D eigenvalue weighted by molar-refractivity contribution is 0.408. The molecule has 1 aromatic carbocycles. The Kier molecular flexibility index (Phi) is 5.05. The Morgan fingerprint density at radius 1 is 1.40 bits per heavy atom. The molecule has 0 unspecified atom stereocenters. The molecule has 0 radical (unpaired) electrons. The summed E-state index contributed by atoms with van der Waals surface area (Å²) >= 11 is 0. The first-order valence-corrected chi connectivity index (χ1v) is 4.55. The Morgan fingerprint density at radius 2 is 2.00 bits per heavy atom. The quantitative estimate of drug-likeness (QED) is 0.871. The number of ether oxygens (including phenoxy) is 1. The highest BCUT2D eigenvalue weighted by molar-refractivity contribution is 5.85. The van der Waals surface area contributed by atoms with Crippen molar-refractivity contribution in [3.05, 3.63) is 29.6 Å². The van der Waals surface area contributed by atoms with Crippen molar-refractivity contribution >= 4 is 12.4 Å². The average molecular weight is 234 g/mol. The normalized spacial score (nSPS) is 10.7. The van der Waals surface area contributed by atoms with Crippen LogP contribution >= 0.6 is 12.4 Å². The van der Waals surface area contributed by atoms with Crippen LogP contribution in [-0.2, 0) is 5.41 Å². The van der Waals surface area contributed by atoms with E-state index in [-0.39, 0.29) is 23.6 Å². The third-order valence-corrected chi connectivity index (χ3v) is 2.42. The van der Waals surface area contributed by atoms with E-state index in [4.69, 9.17) is 10.5 Å². The molecule has 15 heavy (non-hydrogen) atoms. The van der Waals surface area contributed by atoms with E-state index in [1.165, 1.54) is 13.2 Å². The van der Waals surface area contributed by atoms with Gasteiger partial charge in [0.15, 0.2) is 0 Å². The van der Waals surface area contributed by atoms with Crippen molar-refractivity contribution in [2.45, 2.75) is 19.3 Å². The van der Waals surface area contributed by atoms with Crippen LogP contribution in [0.2, 0.25) is 0 Å². The third-order valence-electron chi connectivity index (χ3n) is 2.42. The predicted molar refractivity (Wildman–Crippen MR) is 62.3 cm³/mol. The Bertz CT molecular complexity index is 328. The van der Waals surface area contributed by atoms with E-state index >= 15 is 0 Å². The summed E-state index contributed by atoms with van der Waals surface area (Å²) < 4.78 is 18.5. The number of methoxy groups -OCH3 is 1. The molecule has 0 aliphatic carbocycles. The minimum absolute atomic E-state index is 0. The van der Waals surface area contributed by atoms with Crippen LogP contribution in [0, 0.1) is 5.82 Å². The van der Waals surface area contributed by atoms with Gasteiger partial charge in [-0.3, -0.25) is 0 Å². The maximum absolute atomic E-state index is 13.6. The first kappa shape index (κ1) is 14.2. The first-order valence-electron chi connectivity index (χ1n) is 4.55. The molecule has 0 amide bonds. The van der Waals surface area contributed by atoms with Crippen molar-refractivity contribution in [3.63, 3.8) is 0 Å². The standard InChI is InChI=1S/C11H16FNO.ClH/c1-11(2,7-13)9-5-4-8(14-3)6-10(9)12;/h4-6H,7,13H2,1-3H3;1H. The number of nitrogens with two attached hydrogens (primary N) is 1. The van der Waals surface area contributed by atoms with Gasteiger partial charge in [-0.1, -0.05) is 19.9 Å². The molecule has 0 saturated carbocycles. The molecule has 0 atom stereocenters. The molecule has 0 aromatic heterocycles. The molecule has 0 fully saturated rings. The lowest BCUT2D eigenvalue weighted by Gasteiger charge is -2.23. The van der Waals surface area contributed by atoms with Crippen molar-refractivity contribution in [1.82, 2.24) is 0 Å². The molecule has 1 aromatic rings. The van der Waals surface area contributed by atoms with Gasteiger partial charge in [0, 0.05) is 18.0 Å². The van der Waals surface area contributed by atoms with Crippen molar-refractivity contribution in [3.8, 4) is 5.75 Å². The molecular formula is C11H17ClFNO. The molecular weight excluding hydrogens is 217 g/mol. The summed E-state index contributed by atoms with van der Waals surface area (Å²) in [7, 11) is 1.52. The summed E-state index contributed by atoms with van der Waals surface area (Å²) in [4.78, 5) is 0. The molecule has 86 valence electrons. The van der Waals surface area contributed by atoms with Crippen molar-refractivity contribution < 1.29 is 9.13 Å². The van der Waals surface area contributed by atoms with E-state index in [1.54, 1.807) is 12.1 Å². The van der Waals surface area contributed by atoms with Crippen LogP contribution in [0.25, 0.3) is 0 Å². The Labute approximate surface area is 96.0 Å². The third kappa shape index (κ3) is 3.08. The zero-order valence-corrected chi connectivity index (χ0v) is 10.0. The van der Waals surface area contributed by atoms with Gasteiger partial charge in [-0.15, -0.1) is 12.4 Å². The highest BCUT2D eigenvalue weighted by atomic mass is 35.5. The molecule has 1 rings (SSSR count). The van der Waals surface area contributed by atoms with E-state index < -0.39 is 0 Å². The van der Waals surface area contributed by atoms with Crippen LogP contribution in [0.4, 0.5) is 4.39 Å². The molecule has 2 nitrogen and oxygen atoms in total. The Hall–Kier alpha value is -0.800. The van der Waals surface area contributed by atoms with Gasteiger partial charge in [-0.05, 0) is 11.6 Å². The van der Waals surface area contributed by atoms with Crippen LogP contribution in [0.15, 0.2) is 18.2 Å². The van der Waals surface area contributed by atoms with Crippen molar-refractivity contribution in [2.24, 2.45) is 5.73 Å². The molecule has 2 N–H and O–H groups in total. The molecule has 4 heteroatoms. The highest BCUT2D eigenvalue weighted by Gasteiger charge is 2.22. The van der Waals surface area contributed by atoms with Gasteiger partial charge >= 0.3 is 0 Å².